The second-order valence-electron chi connectivity index (χ2n) is 5.32. The molecule has 0 bridgehead atoms. The molecule has 0 spiro atoms. The maximum absolute atomic E-state index is 8.86. The molecule has 112 valence electrons. The van der Waals surface area contributed by atoms with Gasteiger partial charge in [-0.3, -0.25) is 0 Å². The molecule has 3 rings (SSSR count). The van der Waals surface area contributed by atoms with Gasteiger partial charge >= 0.3 is 0 Å². The first-order valence-corrected chi connectivity index (χ1v) is 7.36. The van der Waals surface area contributed by atoms with E-state index < -0.39 is 0 Å². The van der Waals surface area contributed by atoms with E-state index in [2.05, 4.69) is 70.7 Å². The Balaban J connectivity index is 1.76. The van der Waals surface area contributed by atoms with Crippen molar-refractivity contribution in [2.75, 3.05) is 5.32 Å². The summed E-state index contributed by atoms with van der Waals surface area (Å²) < 4.78 is 0. The van der Waals surface area contributed by atoms with Gasteiger partial charge in [0.1, 0.15) is 23.9 Å². The van der Waals surface area contributed by atoms with E-state index in [0.29, 0.717) is 18.1 Å². The highest BCUT2D eigenvalue weighted by Crippen LogP contribution is 2.21. The van der Waals surface area contributed by atoms with Crippen LogP contribution in [0, 0.1) is 18.3 Å². The van der Waals surface area contributed by atoms with E-state index >= 15 is 0 Å². The highest BCUT2D eigenvalue weighted by atomic mass is 15.0. The largest absolute Gasteiger partial charge is 0.366 e. The zero-order chi connectivity index (χ0) is 16.1. The van der Waals surface area contributed by atoms with Crippen LogP contribution >= 0.6 is 0 Å². The molecule has 0 fully saturated rings. The molecule has 0 amide bonds. The fraction of sp³-hybridized carbons (Fsp3) is 0.105. The maximum Gasteiger partial charge on any atom is 0.145 e. The zero-order valence-corrected chi connectivity index (χ0v) is 12.8. The summed E-state index contributed by atoms with van der Waals surface area (Å²) in [6.07, 6.45) is 1.39. The minimum absolute atomic E-state index is 0.357. The molecule has 2 aromatic carbocycles. The van der Waals surface area contributed by atoms with Gasteiger partial charge in [-0.2, -0.15) is 5.26 Å². The van der Waals surface area contributed by atoms with Crippen molar-refractivity contribution in [1.29, 1.82) is 5.26 Å². The lowest BCUT2D eigenvalue weighted by molar-refractivity contribution is 1.07. The van der Waals surface area contributed by atoms with Gasteiger partial charge in [-0.1, -0.05) is 48.0 Å². The molecule has 1 N–H and O–H groups in total. The van der Waals surface area contributed by atoms with Crippen molar-refractivity contribution in [1.82, 2.24) is 9.97 Å². The highest BCUT2D eigenvalue weighted by Gasteiger charge is 2.01. The van der Waals surface area contributed by atoms with Gasteiger partial charge in [-0.25, -0.2) is 9.97 Å². The lowest BCUT2D eigenvalue weighted by Crippen LogP contribution is -2.02. The summed E-state index contributed by atoms with van der Waals surface area (Å²) in [5.41, 5.74) is 5.15. The number of anilines is 1. The average Bonchev–Trinajstić information content (AvgIpc) is 2.60. The van der Waals surface area contributed by atoms with Crippen molar-refractivity contribution < 1.29 is 0 Å². The van der Waals surface area contributed by atoms with E-state index in [-0.39, 0.29) is 0 Å². The normalized spacial score (nSPS) is 10.1. The number of nitrogens with zero attached hydrogens (tertiary/aromatic N) is 3. The van der Waals surface area contributed by atoms with Crippen LogP contribution < -0.4 is 5.32 Å². The quantitative estimate of drug-likeness (QED) is 0.793. The molecule has 0 aliphatic carbocycles. The molecule has 1 aromatic heterocycles. The Morgan fingerprint density at radius 2 is 1.78 bits per heavy atom. The van der Waals surface area contributed by atoms with E-state index in [4.69, 9.17) is 5.26 Å². The summed E-state index contributed by atoms with van der Waals surface area (Å²) >= 11 is 0. The molecule has 23 heavy (non-hydrogen) atoms. The van der Waals surface area contributed by atoms with Crippen LogP contribution in [0.4, 0.5) is 5.82 Å². The lowest BCUT2D eigenvalue weighted by Gasteiger charge is -2.08. The Labute approximate surface area is 135 Å². The Hall–Kier alpha value is -3.19. The van der Waals surface area contributed by atoms with Crippen LogP contribution in [0.5, 0.6) is 0 Å². The van der Waals surface area contributed by atoms with E-state index in [1.54, 1.807) is 6.07 Å². The standard InChI is InChI=1S/C19H16N4/c1-14-4-2-6-16(8-14)17-7-3-5-15(9-17)12-21-19-10-18(11-20)22-13-23-19/h2-10,13H,12H2,1H3,(H,21,22,23). The van der Waals surface area contributed by atoms with Crippen molar-refractivity contribution in [3.8, 4) is 17.2 Å². The molecule has 0 aliphatic heterocycles. The molecular weight excluding hydrogens is 284 g/mol. The summed E-state index contributed by atoms with van der Waals surface area (Å²) in [6, 6.07) is 20.5. The highest BCUT2D eigenvalue weighted by molar-refractivity contribution is 5.65. The SMILES string of the molecule is Cc1cccc(-c2cccc(CNc3cc(C#N)ncn3)c2)c1. The van der Waals surface area contributed by atoms with Gasteiger partial charge < -0.3 is 5.32 Å². The molecule has 4 nitrogen and oxygen atoms in total. The number of hydrogen-bond donors (Lipinski definition) is 1. The number of aromatic nitrogens is 2. The third-order valence-corrected chi connectivity index (χ3v) is 3.53. The number of rotatable bonds is 4. The van der Waals surface area contributed by atoms with Gasteiger partial charge in [0.2, 0.25) is 0 Å². The molecule has 1 heterocycles. The van der Waals surface area contributed by atoms with Crippen molar-refractivity contribution in [3.63, 3.8) is 0 Å². The van der Waals surface area contributed by atoms with Crippen molar-refractivity contribution >= 4 is 5.82 Å². The predicted molar refractivity (Wildman–Crippen MR) is 90.7 cm³/mol. The number of nitriles is 1. The first kappa shape index (κ1) is 14.7. The first-order chi connectivity index (χ1) is 11.2. The lowest BCUT2D eigenvalue weighted by atomic mass is 10.0. The topological polar surface area (TPSA) is 61.6 Å². The predicted octanol–water partition coefficient (Wildman–Crippen LogP) is 3.94. The summed E-state index contributed by atoms with van der Waals surface area (Å²) in [5.74, 6) is 0.650. The van der Waals surface area contributed by atoms with Crippen molar-refractivity contribution in [2.45, 2.75) is 13.5 Å². The van der Waals surface area contributed by atoms with E-state index in [1.165, 1.54) is 23.0 Å². The zero-order valence-electron chi connectivity index (χ0n) is 12.8. The third kappa shape index (κ3) is 3.72. The summed E-state index contributed by atoms with van der Waals surface area (Å²) in [4.78, 5) is 7.98. The molecule has 0 unspecified atom stereocenters. The van der Waals surface area contributed by atoms with Gasteiger partial charge in [0.05, 0.1) is 0 Å². The van der Waals surface area contributed by atoms with Crippen LogP contribution in [-0.4, -0.2) is 9.97 Å². The maximum atomic E-state index is 8.86. The van der Waals surface area contributed by atoms with E-state index in [9.17, 15) is 0 Å². The summed E-state index contributed by atoms with van der Waals surface area (Å²) in [5, 5.41) is 12.1. The molecule has 0 atom stereocenters. The van der Waals surface area contributed by atoms with Gasteiger partial charge in [0.25, 0.3) is 0 Å². The van der Waals surface area contributed by atoms with Crippen LogP contribution in [0.1, 0.15) is 16.8 Å². The number of aryl methyl sites for hydroxylation is 1. The first-order valence-electron chi connectivity index (χ1n) is 7.36. The smallest absolute Gasteiger partial charge is 0.145 e. The van der Waals surface area contributed by atoms with Crippen LogP contribution in [0.25, 0.3) is 11.1 Å². The van der Waals surface area contributed by atoms with Gasteiger partial charge in [-0.15, -0.1) is 0 Å². The number of nitrogens with one attached hydrogen (secondary N) is 1. The Bertz CT molecular complexity index is 865. The molecule has 0 aliphatic rings. The van der Waals surface area contributed by atoms with Crippen LogP contribution in [-0.2, 0) is 6.54 Å². The number of benzene rings is 2. The second kappa shape index (κ2) is 6.71. The molecule has 0 saturated heterocycles. The van der Waals surface area contributed by atoms with Gasteiger partial charge in [0.15, 0.2) is 0 Å². The Morgan fingerprint density at radius 1 is 1.00 bits per heavy atom. The van der Waals surface area contributed by atoms with Crippen LogP contribution in [0.15, 0.2) is 60.9 Å². The minimum atomic E-state index is 0.357. The van der Waals surface area contributed by atoms with E-state index in [1.807, 2.05) is 6.07 Å². The fourth-order valence-corrected chi connectivity index (χ4v) is 2.39. The van der Waals surface area contributed by atoms with Gasteiger partial charge in [-0.05, 0) is 29.7 Å². The van der Waals surface area contributed by atoms with Crippen molar-refractivity contribution in [2.24, 2.45) is 0 Å². The van der Waals surface area contributed by atoms with Crippen LogP contribution in [0.2, 0.25) is 0 Å². The molecule has 0 radical (unpaired) electrons. The fourth-order valence-electron chi connectivity index (χ4n) is 2.39. The minimum Gasteiger partial charge on any atom is -0.366 e. The third-order valence-electron chi connectivity index (χ3n) is 3.53. The molecule has 0 saturated carbocycles. The molecular formula is C19H16N4. The average molecular weight is 300 g/mol. The Kier molecular flexibility index (Phi) is 4.30. The summed E-state index contributed by atoms with van der Waals surface area (Å²) in [7, 11) is 0. The summed E-state index contributed by atoms with van der Waals surface area (Å²) in [6.45, 7) is 2.73. The second-order valence-corrected chi connectivity index (χ2v) is 5.32. The molecule has 3 aromatic rings. The molecule has 4 heteroatoms. The van der Waals surface area contributed by atoms with Gasteiger partial charge in [0, 0.05) is 12.6 Å². The van der Waals surface area contributed by atoms with Crippen LogP contribution in [0.3, 0.4) is 0 Å². The number of hydrogen-bond acceptors (Lipinski definition) is 4. The van der Waals surface area contributed by atoms with E-state index in [0.717, 1.165) is 5.56 Å². The van der Waals surface area contributed by atoms with Crippen molar-refractivity contribution in [3.05, 3.63) is 77.7 Å². The Morgan fingerprint density at radius 3 is 2.57 bits per heavy atom. The monoisotopic (exact) mass is 300 g/mol.